The van der Waals surface area contributed by atoms with E-state index in [0.29, 0.717) is 96.7 Å². The van der Waals surface area contributed by atoms with Crippen molar-refractivity contribution in [2.75, 3.05) is 104 Å². The average Bonchev–Trinajstić information content (AvgIpc) is 3.53. The molecule has 2 aromatic rings. The minimum absolute atomic E-state index is 0.452. The van der Waals surface area contributed by atoms with Crippen LogP contribution in [0.4, 0.5) is 5.69 Å². The predicted molar refractivity (Wildman–Crippen MR) is 170 cm³/mol. The van der Waals surface area contributed by atoms with Crippen molar-refractivity contribution < 1.29 is 38.6 Å². The highest BCUT2D eigenvalue weighted by atomic mass is 31.2. The second-order valence-corrected chi connectivity index (χ2v) is 15.5. The number of imidazole rings is 1. The van der Waals surface area contributed by atoms with E-state index in [1.165, 1.54) is 0 Å². The Balaban J connectivity index is 1.25. The number of nitrogens with two attached hydrogens (primary N) is 1. The van der Waals surface area contributed by atoms with Gasteiger partial charge in [-0.2, -0.15) is 0 Å². The van der Waals surface area contributed by atoms with Crippen molar-refractivity contribution in [1.82, 2.24) is 14.5 Å². The summed E-state index contributed by atoms with van der Waals surface area (Å²) in [6.07, 6.45) is 7.48. The second-order valence-electron chi connectivity index (χ2n) is 11.2. The molecule has 1 fully saturated rings. The summed E-state index contributed by atoms with van der Waals surface area (Å²) in [6, 6.07) is 1.87. The fourth-order valence-electron chi connectivity index (χ4n) is 4.50. The van der Waals surface area contributed by atoms with Gasteiger partial charge in [-0.05, 0) is 51.4 Å². The Bertz CT molecular complexity index is 1090. The van der Waals surface area contributed by atoms with Crippen LogP contribution in [0, 0.1) is 0 Å². The molecular formula is C29H52N5O8P. The number of hydrogen-bond donors (Lipinski definition) is 4. The van der Waals surface area contributed by atoms with Crippen LogP contribution in [0.2, 0.25) is 0 Å². The van der Waals surface area contributed by atoms with Crippen LogP contribution in [-0.4, -0.2) is 148 Å². The molecular weight excluding hydrogens is 577 g/mol. The number of fused-ring (bicyclic) bond motifs is 1. The summed E-state index contributed by atoms with van der Waals surface area (Å²) in [4.78, 5) is 8.99. The molecule has 0 spiro atoms. The van der Waals surface area contributed by atoms with Crippen LogP contribution in [-0.2, 0) is 28.4 Å². The topological polar surface area (TPSA) is 165 Å². The van der Waals surface area contributed by atoms with Crippen molar-refractivity contribution in [3.8, 4) is 0 Å². The molecule has 0 aromatic carbocycles. The quantitative estimate of drug-likeness (QED) is 0.0976. The third-order valence-corrected chi connectivity index (χ3v) is 8.32. The number of ether oxygens (including phenoxy) is 6. The Morgan fingerprint density at radius 3 is 2.07 bits per heavy atom. The monoisotopic (exact) mass is 629 g/mol. The van der Waals surface area contributed by atoms with Gasteiger partial charge in [0.25, 0.3) is 0 Å². The molecule has 0 bridgehead atoms. The van der Waals surface area contributed by atoms with Crippen LogP contribution in [0.15, 0.2) is 18.6 Å². The number of anilines is 1. The molecule has 4 atom stereocenters. The largest absolute Gasteiger partial charge is 0.388 e. The van der Waals surface area contributed by atoms with Gasteiger partial charge >= 0.3 is 0 Å². The normalized spacial score (nSPS) is 20.8. The van der Waals surface area contributed by atoms with Gasteiger partial charge in [-0.15, -0.1) is 13.2 Å². The molecule has 13 nitrogen and oxygen atoms in total. The lowest BCUT2D eigenvalue weighted by Gasteiger charge is -2.18. The van der Waals surface area contributed by atoms with Crippen LogP contribution in [0.1, 0.15) is 25.5 Å². The van der Waals surface area contributed by atoms with Gasteiger partial charge in [0.15, 0.2) is 11.9 Å². The fraction of sp³-hybridized carbons (Fsp3) is 0.759. The zero-order chi connectivity index (χ0) is 30.9. The van der Waals surface area contributed by atoms with Crippen LogP contribution in [0.25, 0.3) is 11.2 Å². The zero-order valence-corrected chi connectivity index (χ0v) is 26.7. The first-order valence-electron chi connectivity index (χ1n) is 15.1. The van der Waals surface area contributed by atoms with Crippen molar-refractivity contribution in [3.63, 3.8) is 0 Å². The summed E-state index contributed by atoms with van der Waals surface area (Å²) in [5.74, 6) is 0. The molecule has 0 aliphatic carbocycles. The van der Waals surface area contributed by atoms with Crippen molar-refractivity contribution in [1.29, 1.82) is 0 Å². The Morgan fingerprint density at radius 1 is 0.907 bits per heavy atom. The summed E-state index contributed by atoms with van der Waals surface area (Å²) in [6.45, 7) is 9.86. The second kappa shape index (κ2) is 19.7. The molecule has 1 saturated heterocycles. The highest BCUT2D eigenvalue weighted by molar-refractivity contribution is 7.72. The maximum atomic E-state index is 10.7. The fourth-order valence-corrected chi connectivity index (χ4v) is 5.45. The molecule has 1 aliphatic heterocycles. The summed E-state index contributed by atoms with van der Waals surface area (Å²) in [5.41, 5.74) is 7.50. The lowest BCUT2D eigenvalue weighted by atomic mass is 10.1. The number of aliphatic hydroxyl groups is 2. The summed E-state index contributed by atoms with van der Waals surface area (Å²) in [5, 5.41) is 24.7. The maximum Gasteiger partial charge on any atom is 0.165 e. The lowest BCUT2D eigenvalue weighted by Crippen LogP contribution is -2.31. The predicted octanol–water partition coefficient (Wildman–Crippen LogP) is 1.38. The van der Waals surface area contributed by atoms with E-state index in [0.717, 1.165) is 24.7 Å². The minimum atomic E-state index is -1.27. The molecule has 0 unspecified atom stereocenters. The summed E-state index contributed by atoms with van der Waals surface area (Å²) >= 11 is 0. The van der Waals surface area contributed by atoms with Gasteiger partial charge < -0.3 is 49.7 Å². The van der Waals surface area contributed by atoms with Gasteiger partial charge in [-0.25, -0.2) is 9.97 Å². The van der Waals surface area contributed by atoms with Gasteiger partial charge in [-0.1, -0.05) is 0 Å². The van der Waals surface area contributed by atoms with Crippen molar-refractivity contribution >= 4 is 30.0 Å². The number of rotatable bonds is 24. The van der Waals surface area contributed by atoms with Crippen molar-refractivity contribution in [2.24, 2.45) is 5.73 Å². The first-order chi connectivity index (χ1) is 20.8. The number of aliphatic hydroxyl groups excluding tert-OH is 2. The Labute approximate surface area is 255 Å². The molecule has 0 amide bonds. The molecule has 5 N–H and O–H groups in total. The van der Waals surface area contributed by atoms with Gasteiger partial charge in [0.2, 0.25) is 0 Å². The third-order valence-electron chi connectivity index (χ3n) is 6.85. The number of aromatic nitrogens is 3. The molecule has 1 aliphatic rings. The number of hydrogen-bond acceptors (Lipinski definition) is 12. The molecule has 0 radical (unpaired) electrons. The SMILES string of the molecule is C=P(C)(C)CC[C@H]1O[C@@H](n2cnc3c(NCCCOCCOCCOCCOCCOCCCN)ccnc32)[C@H](O)[C@@H]1O. The van der Waals surface area contributed by atoms with Crippen molar-refractivity contribution in [2.45, 2.75) is 43.8 Å². The molecule has 43 heavy (non-hydrogen) atoms. The van der Waals surface area contributed by atoms with Crippen LogP contribution in [0.5, 0.6) is 0 Å². The maximum absolute atomic E-state index is 10.7. The molecule has 2 aromatic heterocycles. The minimum Gasteiger partial charge on any atom is -0.388 e. The molecule has 3 rings (SSSR count). The Hall–Kier alpha value is -1.64. The van der Waals surface area contributed by atoms with E-state index >= 15 is 0 Å². The standard InChI is InChI=1S/C29H52N5O8P/c1-43(2,3)21-7-24-26(35)27(36)29(42-24)34-22-33-25-23(6-10-32-28(25)34)31-9-5-12-38-14-16-40-18-20-41-19-17-39-15-13-37-11-4-8-30/h6,10,22,24,26-27,29,35-36H,1,4-5,7-9,11-21,30H2,2-3H3,(H,31,32)/t24-,26-,27-,29-/m1/s1. The van der Waals surface area contributed by atoms with E-state index in [-0.39, 0.29) is 0 Å². The van der Waals surface area contributed by atoms with Crippen LogP contribution >= 0.6 is 6.89 Å². The molecule has 0 saturated carbocycles. The van der Waals surface area contributed by atoms with Gasteiger partial charge in [0.05, 0.1) is 71.0 Å². The first-order valence-corrected chi connectivity index (χ1v) is 18.2. The number of nitrogens with one attached hydrogen (secondary N) is 1. The van der Waals surface area contributed by atoms with E-state index in [2.05, 4.69) is 34.9 Å². The number of nitrogens with zero attached hydrogens (tertiary/aromatic N) is 3. The average molecular weight is 630 g/mol. The summed E-state index contributed by atoms with van der Waals surface area (Å²) < 4.78 is 35.2. The smallest absolute Gasteiger partial charge is 0.165 e. The highest BCUT2D eigenvalue weighted by Crippen LogP contribution is 2.40. The first kappa shape index (κ1) is 35.8. The Kier molecular flexibility index (Phi) is 16.4. The number of pyridine rings is 1. The van der Waals surface area contributed by atoms with Gasteiger partial charge in [0, 0.05) is 26.0 Å². The van der Waals surface area contributed by atoms with E-state index in [1.54, 1.807) is 17.1 Å². The highest BCUT2D eigenvalue weighted by Gasteiger charge is 2.44. The van der Waals surface area contributed by atoms with E-state index in [1.807, 2.05) is 6.07 Å². The molecule has 246 valence electrons. The zero-order valence-electron chi connectivity index (χ0n) is 25.8. The van der Waals surface area contributed by atoms with Gasteiger partial charge in [0.1, 0.15) is 17.7 Å². The van der Waals surface area contributed by atoms with E-state index in [9.17, 15) is 10.2 Å². The molecule has 14 heteroatoms. The molecule has 3 heterocycles. The van der Waals surface area contributed by atoms with E-state index < -0.39 is 31.4 Å². The van der Waals surface area contributed by atoms with Crippen molar-refractivity contribution in [3.05, 3.63) is 18.6 Å². The summed E-state index contributed by atoms with van der Waals surface area (Å²) in [7, 11) is 0. The van der Waals surface area contributed by atoms with Crippen LogP contribution in [0.3, 0.4) is 0 Å². The Morgan fingerprint density at radius 2 is 1.49 bits per heavy atom. The lowest BCUT2D eigenvalue weighted by molar-refractivity contribution is -0.0353. The van der Waals surface area contributed by atoms with Crippen LogP contribution < -0.4 is 11.1 Å². The van der Waals surface area contributed by atoms with E-state index in [4.69, 9.17) is 34.2 Å². The van der Waals surface area contributed by atoms with Gasteiger partial charge in [-0.3, -0.25) is 4.57 Å². The third kappa shape index (κ3) is 12.7.